The lowest BCUT2D eigenvalue weighted by Gasteiger charge is -2.12. The molecule has 3 rings (SSSR count). The van der Waals surface area contributed by atoms with Gasteiger partial charge >= 0.3 is 0 Å². The summed E-state index contributed by atoms with van der Waals surface area (Å²) in [7, 11) is 1.57. The summed E-state index contributed by atoms with van der Waals surface area (Å²) in [5.41, 5.74) is 0.513. The molecule has 1 aromatic heterocycles. The van der Waals surface area contributed by atoms with Gasteiger partial charge in [0.15, 0.2) is 5.82 Å². The number of rotatable bonds is 5. The Morgan fingerprint density at radius 1 is 1.13 bits per heavy atom. The fraction of sp³-hybridized carbons (Fsp3) is 0.353. The minimum atomic E-state index is -0.241. The van der Waals surface area contributed by atoms with E-state index in [0.717, 1.165) is 5.82 Å². The fourth-order valence-corrected chi connectivity index (χ4v) is 2.71. The average molecular weight is 312 g/mol. The maximum Gasteiger partial charge on any atom is 0.256 e. The van der Waals surface area contributed by atoms with Gasteiger partial charge in [0.1, 0.15) is 11.6 Å². The molecule has 0 saturated heterocycles. The largest absolute Gasteiger partial charge is 0.497 e. The van der Waals surface area contributed by atoms with Crippen molar-refractivity contribution in [3.8, 4) is 5.75 Å². The minimum Gasteiger partial charge on any atom is -0.497 e. The molecule has 6 nitrogen and oxygen atoms in total. The van der Waals surface area contributed by atoms with E-state index in [1.165, 1.54) is 25.7 Å². The van der Waals surface area contributed by atoms with Gasteiger partial charge in [0.05, 0.1) is 7.11 Å². The SMILES string of the molecule is COc1cccc(C(=O)Nc2ccc(NC3CCCC3)nn2)c1. The summed E-state index contributed by atoms with van der Waals surface area (Å²) in [6, 6.07) is 11.0. The first kappa shape index (κ1) is 15.3. The van der Waals surface area contributed by atoms with Crippen molar-refractivity contribution in [3.05, 3.63) is 42.0 Å². The van der Waals surface area contributed by atoms with Gasteiger partial charge in [-0.05, 0) is 43.2 Å². The van der Waals surface area contributed by atoms with Crippen molar-refractivity contribution in [2.45, 2.75) is 31.7 Å². The number of hydrogen-bond donors (Lipinski definition) is 2. The van der Waals surface area contributed by atoms with Gasteiger partial charge in [-0.3, -0.25) is 4.79 Å². The van der Waals surface area contributed by atoms with Gasteiger partial charge in [0, 0.05) is 11.6 Å². The quantitative estimate of drug-likeness (QED) is 0.887. The second kappa shape index (κ2) is 7.09. The summed E-state index contributed by atoms with van der Waals surface area (Å²) in [5, 5.41) is 14.3. The smallest absolute Gasteiger partial charge is 0.256 e. The third-order valence-electron chi connectivity index (χ3n) is 3.95. The van der Waals surface area contributed by atoms with Crippen molar-refractivity contribution in [1.82, 2.24) is 10.2 Å². The summed E-state index contributed by atoms with van der Waals surface area (Å²) in [4.78, 5) is 12.2. The van der Waals surface area contributed by atoms with Crippen molar-refractivity contribution in [1.29, 1.82) is 0 Å². The van der Waals surface area contributed by atoms with Gasteiger partial charge in [0.2, 0.25) is 0 Å². The molecule has 1 heterocycles. The summed E-state index contributed by atoms with van der Waals surface area (Å²) >= 11 is 0. The molecule has 2 N–H and O–H groups in total. The molecule has 0 bridgehead atoms. The van der Waals surface area contributed by atoms with Gasteiger partial charge in [-0.1, -0.05) is 18.9 Å². The Kier molecular flexibility index (Phi) is 4.71. The summed E-state index contributed by atoms with van der Waals surface area (Å²) in [6.07, 6.45) is 4.88. The molecule has 120 valence electrons. The van der Waals surface area contributed by atoms with Crippen LogP contribution in [0.4, 0.5) is 11.6 Å². The Morgan fingerprint density at radius 2 is 1.87 bits per heavy atom. The highest BCUT2D eigenvalue weighted by Gasteiger charge is 2.15. The Hall–Kier alpha value is -2.63. The first-order chi connectivity index (χ1) is 11.2. The first-order valence-corrected chi connectivity index (χ1v) is 7.80. The van der Waals surface area contributed by atoms with E-state index in [1.807, 2.05) is 6.07 Å². The molecular formula is C17H20N4O2. The van der Waals surface area contributed by atoms with Crippen LogP contribution < -0.4 is 15.4 Å². The molecule has 1 saturated carbocycles. The van der Waals surface area contributed by atoms with Crippen LogP contribution >= 0.6 is 0 Å². The molecule has 0 unspecified atom stereocenters. The van der Waals surface area contributed by atoms with Crippen LogP contribution in [0.15, 0.2) is 36.4 Å². The average Bonchev–Trinajstić information content (AvgIpc) is 3.09. The molecule has 6 heteroatoms. The van der Waals surface area contributed by atoms with Crippen LogP contribution in [0.1, 0.15) is 36.0 Å². The Morgan fingerprint density at radius 3 is 2.57 bits per heavy atom. The van der Waals surface area contributed by atoms with Crippen LogP contribution in [0.2, 0.25) is 0 Å². The lowest BCUT2D eigenvalue weighted by molar-refractivity contribution is 0.102. The van der Waals surface area contributed by atoms with Crippen LogP contribution in [0.3, 0.4) is 0 Å². The highest BCUT2D eigenvalue weighted by atomic mass is 16.5. The topological polar surface area (TPSA) is 76.1 Å². The molecule has 1 aliphatic carbocycles. The number of nitrogens with zero attached hydrogens (tertiary/aromatic N) is 2. The molecule has 1 fully saturated rings. The number of aromatic nitrogens is 2. The number of methoxy groups -OCH3 is 1. The third kappa shape index (κ3) is 3.97. The second-order valence-electron chi connectivity index (χ2n) is 5.62. The van der Waals surface area contributed by atoms with Crippen molar-refractivity contribution in [2.75, 3.05) is 17.7 Å². The molecule has 1 aromatic carbocycles. The van der Waals surface area contributed by atoms with Gasteiger partial charge in [0.25, 0.3) is 5.91 Å². The van der Waals surface area contributed by atoms with E-state index in [4.69, 9.17) is 4.74 Å². The molecule has 1 amide bonds. The molecule has 1 aliphatic rings. The lowest BCUT2D eigenvalue weighted by atomic mass is 10.2. The molecule has 0 aliphatic heterocycles. The van der Waals surface area contributed by atoms with E-state index >= 15 is 0 Å². The highest BCUT2D eigenvalue weighted by molar-refractivity contribution is 6.03. The van der Waals surface area contributed by atoms with E-state index in [2.05, 4.69) is 20.8 Å². The molecule has 0 atom stereocenters. The number of anilines is 2. The standard InChI is InChI=1S/C17H20N4O2/c1-23-14-8-4-5-12(11-14)17(22)19-16-10-9-15(20-21-16)18-13-6-2-3-7-13/h4-5,8-11,13H,2-3,6-7H2,1H3,(H,18,20)(H,19,21,22). The number of ether oxygens (including phenoxy) is 1. The van der Waals surface area contributed by atoms with E-state index in [9.17, 15) is 4.79 Å². The maximum absolute atomic E-state index is 12.2. The third-order valence-corrected chi connectivity index (χ3v) is 3.95. The maximum atomic E-state index is 12.2. The second-order valence-corrected chi connectivity index (χ2v) is 5.62. The van der Waals surface area contributed by atoms with E-state index < -0.39 is 0 Å². The van der Waals surface area contributed by atoms with Crippen LogP contribution in [0.5, 0.6) is 5.75 Å². The van der Waals surface area contributed by atoms with E-state index in [-0.39, 0.29) is 5.91 Å². The zero-order valence-electron chi connectivity index (χ0n) is 13.1. The molecule has 2 aromatic rings. The number of nitrogens with one attached hydrogen (secondary N) is 2. The number of benzene rings is 1. The van der Waals surface area contributed by atoms with Crippen molar-refractivity contribution in [3.63, 3.8) is 0 Å². The summed E-state index contributed by atoms with van der Waals surface area (Å²) in [5.74, 6) is 1.57. The number of carbonyl (C=O) groups excluding carboxylic acids is 1. The summed E-state index contributed by atoms with van der Waals surface area (Å²) in [6.45, 7) is 0. The minimum absolute atomic E-state index is 0.241. The van der Waals surface area contributed by atoms with E-state index in [0.29, 0.717) is 23.2 Å². The molecular weight excluding hydrogens is 292 g/mol. The van der Waals surface area contributed by atoms with Crippen molar-refractivity contribution in [2.24, 2.45) is 0 Å². The Labute approximate surface area is 135 Å². The van der Waals surface area contributed by atoms with Crippen LogP contribution in [0.25, 0.3) is 0 Å². The number of carbonyl (C=O) groups is 1. The molecule has 0 radical (unpaired) electrons. The zero-order valence-corrected chi connectivity index (χ0v) is 13.1. The lowest BCUT2D eigenvalue weighted by Crippen LogP contribution is -2.17. The fourth-order valence-electron chi connectivity index (χ4n) is 2.71. The monoisotopic (exact) mass is 312 g/mol. The number of amides is 1. The predicted molar refractivity (Wildman–Crippen MR) is 88.9 cm³/mol. The van der Waals surface area contributed by atoms with Crippen LogP contribution in [-0.2, 0) is 0 Å². The zero-order chi connectivity index (χ0) is 16.1. The van der Waals surface area contributed by atoms with Gasteiger partial charge in [-0.15, -0.1) is 10.2 Å². The van der Waals surface area contributed by atoms with Gasteiger partial charge in [-0.25, -0.2) is 0 Å². The van der Waals surface area contributed by atoms with Crippen molar-refractivity contribution < 1.29 is 9.53 Å². The highest BCUT2D eigenvalue weighted by Crippen LogP contribution is 2.21. The summed E-state index contributed by atoms with van der Waals surface area (Å²) < 4.78 is 5.12. The first-order valence-electron chi connectivity index (χ1n) is 7.80. The molecule has 0 spiro atoms. The Balaban J connectivity index is 1.61. The van der Waals surface area contributed by atoms with E-state index in [1.54, 1.807) is 37.4 Å². The predicted octanol–water partition coefficient (Wildman–Crippen LogP) is 3.09. The van der Waals surface area contributed by atoms with Gasteiger partial charge in [-0.2, -0.15) is 0 Å². The van der Waals surface area contributed by atoms with Crippen molar-refractivity contribution >= 4 is 17.5 Å². The van der Waals surface area contributed by atoms with Gasteiger partial charge < -0.3 is 15.4 Å². The Bertz CT molecular complexity index is 667. The number of hydrogen-bond acceptors (Lipinski definition) is 5. The van der Waals surface area contributed by atoms with Crippen LogP contribution in [0, 0.1) is 0 Å². The van der Waals surface area contributed by atoms with Crippen LogP contribution in [-0.4, -0.2) is 29.3 Å². The normalized spacial score (nSPS) is 14.5. The molecule has 23 heavy (non-hydrogen) atoms.